The third-order valence-electron chi connectivity index (χ3n) is 2.92. The van der Waals surface area contributed by atoms with Crippen LogP contribution in [-0.2, 0) is 16.3 Å². The quantitative estimate of drug-likeness (QED) is 0.786. The Morgan fingerprint density at radius 2 is 2.14 bits per heavy atom. The second kappa shape index (κ2) is 5.21. The Kier molecular flexibility index (Phi) is 3.52. The van der Waals surface area contributed by atoms with Gasteiger partial charge >= 0.3 is 0 Å². The highest BCUT2D eigenvalue weighted by atomic mass is 32.2. The molecule has 1 aromatic carbocycles. The summed E-state index contributed by atoms with van der Waals surface area (Å²) < 4.78 is 28.7. The maximum absolute atomic E-state index is 11.5. The molecule has 0 atom stereocenters. The third-order valence-corrected chi connectivity index (χ3v) is 4.94. The standard InChI is InChI=1S/C13H13N3O3S2/c1-21(17,18)8-2-3-11-9(6-8)16-13(19-11)10-7-20-12(15-10)4-5-14/h2-3,6-7H,4-5,14H2,1H3. The van der Waals surface area contributed by atoms with Crippen molar-refractivity contribution in [2.45, 2.75) is 11.3 Å². The molecule has 21 heavy (non-hydrogen) atoms. The monoisotopic (exact) mass is 323 g/mol. The van der Waals surface area contributed by atoms with E-state index in [2.05, 4.69) is 9.97 Å². The second-order valence-electron chi connectivity index (χ2n) is 4.59. The Morgan fingerprint density at radius 1 is 1.33 bits per heavy atom. The molecular formula is C13H13N3O3S2. The first kappa shape index (κ1) is 14.2. The molecule has 110 valence electrons. The Hall–Kier alpha value is -1.77. The lowest BCUT2D eigenvalue weighted by Gasteiger charge is -1.95. The van der Waals surface area contributed by atoms with Gasteiger partial charge in [0.2, 0.25) is 5.89 Å². The van der Waals surface area contributed by atoms with Crippen LogP contribution in [0.2, 0.25) is 0 Å². The number of nitrogens with two attached hydrogens (primary N) is 1. The largest absolute Gasteiger partial charge is 0.435 e. The fourth-order valence-electron chi connectivity index (χ4n) is 1.89. The number of oxazole rings is 1. The van der Waals surface area contributed by atoms with Gasteiger partial charge in [-0.05, 0) is 24.7 Å². The van der Waals surface area contributed by atoms with Gasteiger partial charge < -0.3 is 10.2 Å². The Morgan fingerprint density at radius 3 is 2.86 bits per heavy atom. The molecule has 0 saturated carbocycles. The highest BCUT2D eigenvalue weighted by Gasteiger charge is 2.14. The van der Waals surface area contributed by atoms with E-state index in [0.717, 1.165) is 11.3 Å². The van der Waals surface area contributed by atoms with E-state index in [4.69, 9.17) is 10.2 Å². The molecule has 0 spiro atoms. The topological polar surface area (TPSA) is 99.1 Å². The zero-order chi connectivity index (χ0) is 15.0. The van der Waals surface area contributed by atoms with Crippen molar-refractivity contribution >= 4 is 32.3 Å². The molecule has 0 unspecified atom stereocenters. The lowest BCUT2D eigenvalue weighted by molar-refractivity contribution is 0.602. The molecule has 0 aliphatic heterocycles. The molecule has 2 N–H and O–H groups in total. The maximum Gasteiger partial charge on any atom is 0.247 e. The van der Waals surface area contributed by atoms with Gasteiger partial charge in [-0.15, -0.1) is 11.3 Å². The normalized spacial score (nSPS) is 12.1. The Labute approximate surface area is 125 Å². The zero-order valence-corrected chi connectivity index (χ0v) is 12.9. The number of fused-ring (bicyclic) bond motifs is 1. The zero-order valence-electron chi connectivity index (χ0n) is 11.2. The summed E-state index contributed by atoms with van der Waals surface area (Å²) in [5.74, 6) is 0.384. The van der Waals surface area contributed by atoms with E-state index in [9.17, 15) is 8.42 Å². The number of benzene rings is 1. The molecule has 0 bridgehead atoms. The summed E-state index contributed by atoms with van der Waals surface area (Å²) in [4.78, 5) is 8.93. The first-order chi connectivity index (χ1) is 9.97. The minimum atomic E-state index is -3.26. The van der Waals surface area contributed by atoms with Crippen molar-refractivity contribution in [1.29, 1.82) is 0 Å². The molecule has 0 aliphatic carbocycles. The predicted octanol–water partition coefficient (Wildman–Crippen LogP) is 1.86. The van der Waals surface area contributed by atoms with E-state index in [-0.39, 0.29) is 4.90 Å². The summed E-state index contributed by atoms with van der Waals surface area (Å²) >= 11 is 1.50. The number of sulfone groups is 1. The molecule has 3 aromatic rings. The van der Waals surface area contributed by atoms with Crippen LogP contribution >= 0.6 is 11.3 Å². The number of aromatic nitrogens is 2. The van der Waals surface area contributed by atoms with Crippen LogP contribution in [0, 0.1) is 0 Å². The molecule has 0 aliphatic rings. The van der Waals surface area contributed by atoms with Crippen LogP contribution in [0.1, 0.15) is 5.01 Å². The van der Waals surface area contributed by atoms with Crippen molar-refractivity contribution in [2.75, 3.05) is 12.8 Å². The molecule has 8 heteroatoms. The number of hydrogen-bond donors (Lipinski definition) is 1. The van der Waals surface area contributed by atoms with Crippen LogP contribution in [0.15, 0.2) is 32.9 Å². The smallest absolute Gasteiger partial charge is 0.247 e. The Balaban J connectivity index is 2.04. The number of hydrogen-bond acceptors (Lipinski definition) is 7. The molecule has 6 nitrogen and oxygen atoms in total. The van der Waals surface area contributed by atoms with Crippen molar-refractivity contribution in [2.24, 2.45) is 5.73 Å². The molecule has 2 aromatic heterocycles. The van der Waals surface area contributed by atoms with Crippen LogP contribution in [0.5, 0.6) is 0 Å². The summed E-state index contributed by atoms with van der Waals surface area (Å²) in [7, 11) is -3.26. The van der Waals surface area contributed by atoms with Gasteiger partial charge in [-0.1, -0.05) is 0 Å². The van der Waals surface area contributed by atoms with E-state index in [1.165, 1.54) is 23.5 Å². The SMILES string of the molecule is CS(=O)(=O)c1ccc2oc(-c3csc(CCN)n3)nc2c1. The minimum Gasteiger partial charge on any atom is -0.435 e. The number of thiazole rings is 1. The Bertz CT molecular complexity index is 896. The summed E-state index contributed by atoms with van der Waals surface area (Å²) in [5.41, 5.74) is 7.17. The van der Waals surface area contributed by atoms with Gasteiger partial charge in [0.1, 0.15) is 11.2 Å². The first-order valence-electron chi connectivity index (χ1n) is 6.23. The lowest BCUT2D eigenvalue weighted by Crippen LogP contribution is -2.01. The van der Waals surface area contributed by atoms with Crippen LogP contribution in [0.3, 0.4) is 0 Å². The average molecular weight is 323 g/mol. The highest BCUT2D eigenvalue weighted by molar-refractivity contribution is 7.90. The number of rotatable bonds is 4. The van der Waals surface area contributed by atoms with Crippen molar-refractivity contribution in [1.82, 2.24) is 9.97 Å². The van der Waals surface area contributed by atoms with Gasteiger partial charge in [-0.3, -0.25) is 0 Å². The van der Waals surface area contributed by atoms with Gasteiger partial charge in [0.05, 0.1) is 9.90 Å². The third kappa shape index (κ3) is 2.82. The van der Waals surface area contributed by atoms with Crippen LogP contribution in [0.4, 0.5) is 0 Å². The van der Waals surface area contributed by atoms with Gasteiger partial charge in [-0.25, -0.2) is 18.4 Å². The maximum atomic E-state index is 11.5. The molecule has 0 saturated heterocycles. The molecule has 0 fully saturated rings. The van der Waals surface area contributed by atoms with Crippen molar-refractivity contribution in [3.05, 3.63) is 28.6 Å². The van der Waals surface area contributed by atoms with E-state index < -0.39 is 9.84 Å². The fraction of sp³-hybridized carbons (Fsp3) is 0.231. The van der Waals surface area contributed by atoms with Crippen molar-refractivity contribution in [3.63, 3.8) is 0 Å². The van der Waals surface area contributed by atoms with Crippen molar-refractivity contribution < 1.29 is 12.8 Å². The molecule has 0 radical (unpaired) electrons. The van der Waals surface area contributed by atoms with Gasteiger partial charge in [0.25, 0.3) is 0 Å². The van der Waals surface area contributed by atoms with E-state index in [1.807, 2.05) is 5.38 Å². The van der Waals surface area contributed by atoms with Crippen LogP contribution in [0.25, 0.3) is 22.7 Å². The lowest BCUT2D eigenvalue weighted by atomic mass is 10.3. The molecule has 2 heterocycles. The summed E-state index contributed by atoms with van der Waals surface area (Å²) in [6.07, 6.45) is 1.87. The summed E-state index contributed by atoms with van der Waals surface area (Å²) in [6.45, 7) is 0.540. The van der Waals surface area contributed by atoms with Crippen molar-refractivity contribution in [3.8, 4) is 11.6 Å². The van der Waals surface area contributed by atoms with Crippen LogP contribution in [-0.4, -0.2) is 31.2 Å². The number of nitrogens with zero attached hydrogens (tertiary/aromatic N) is 2. The van der Waals surface area contributed by atoms with Gasteiger partial charge in [0, 0.05) is 18.1 Å². The minimum absolute atomic E-state index is 0.219. The van der Waals surface area contributed by atoms with E-state index in [0.29, 0.717) is 35.6 Å². The molecular weight excluding hydrogens is 310 g/mol. The first-order valence-corrected chi connectivity index (χ1v) is 9.00. The van der Waals surface area contributed by atoms with Crippen LogP contribution < -0.4 is 5.73 Å². The summed E-state index contributed by atoms with van der Waals surface area (Å²) in [6, 6.07) is 4.62. The van der Waals surface area contributed by atoms with E-state index in [1.54, 1.807) is 6.07 Å². The van der Waals surface area contributed by atoms with Gasteiger partial charge in [-0.2, -0.15) is 0 Å². The average Bonchev–Trinajstić information content (AvgIpc) is 3.02. The summed E-state index contributed by atoms with van der Waals surface area (Å²) in [5, 5.41) is 2.78. The molecule has 0 amide bonds. The highest BCUT2D eigenvalue weighted by Crippen LogP contribution is 2.27. The fourth-order valence-corrected chi connectivity index (χ4v) is 3.32. The predicted molar refractivity (Wildman–Crippen MR) is 81.0 cm³/mol. The van der Waals surface area contributed by atoms with E-state index >= 15 is 0 Å². The van der Waals surface area contributed by atoms with Gasteiger partial charge in [0.15, 0.2) is 15.4 Å². The second-order valence-corrected chi connectivity index (χ2v) is 7.54. The molecule has 3 rings (SSSR count).